The van der Waals surface area contributed by atoms with Gasteiger partial charge in [0.15, 0.2) is 0 Å². The maximum Gasteiger partial charge on any atom is 4.00 e. The molecule has 0 fully saturated rings. The number of unbranched alkanes of at least 4 members (excludes halogenated alkanes) is 1. The number of allylic oxidation sites excluding steroid dienone is 4. The van der Waals surface area contributed by atoms with Crippen LogP contribution in [0.3, 0.4) is 0 Å². The molecule has 0 nitrogen and oxygen atoms in total. The Kier molecular flexibility index (Phi) is 14.4. The molecule has 0 heterocycles. The van der Waals surface area contributed by atoms with E-state index in [1.54, 1.807) is 10.4 Å². The molecule has 2 aromatic rings. The Morgan fingerprint density at radius 3 is 1.78 bits per heavy atom. The minimum atomic E-state index is -2.16. The molecule has 5 heteroatoms. The average molecular weight is 542 g/mol. The van der Waals surface area contributed by atoms with Gasteiger partial charge in [-0.2, -0.15) is 11.1 Å². The van der Waals surface area contributed by atoms with Crippen molar-refractivity contribution in [3.8, 4) is 0 Å². The molecule has 172 valence electrons. The molecular formula is C27H35Cl3SiTi. The number of hydrogen-bond donors (Lipinski definition) is 0. The van der Waals surface area contributed by atoms with Crippen molar-refractivity contribution in [1.82, 2.24) is 0 Å². The van der Waals surface area contributed by atoms with Gasteiger partial charge in [-0.05, 0) is 19.9 Å². The van der Waals surface area contributed by atoms with Crippen LogP contribution in [0.4, 0.5) is 0 Å². The summed E-state index contributed by atoms with van der Waals surface area (Å²) in [4.78, 5) is 0. The molecule has 0 spiro atoms. The normalized spacial score (nSPS) is 18.9. The van der Waals surface area contributed by atoms with Crippen molar-refractivity contribution in [3.05, 3.63) is 82.5 Å². The first-order chi connectivity index (χ1) is 13.3. The number of hydrogen-bond acceptors (Lipinski definition) is 0. The number of aryl methyl sites for hydroxylation is 2. The molecule has 0 amide bonds. The Hall–Kier alpha value is -0.279. The molecule has 3 rings (SSSR count). The van der Waals surface area contributed by atoms with E-state index in [9.17, 15) is 0 Å². The fourth-order valence-corrected chi connectivity index (χ4v) is 11.7. The third kappa shape index (κ3) is 5.85. The molecule has 0 saturated heterocycles. The Morgan fingerprint density at radius 1 is 0.812 bits per heavy atom. The molecular weight excluding hydrogens is 507 g/mol. The van der Waals surface area contributed by atoms with E-state index in [1.165, 1.54) is 46.7 Å². The minimum absolute atomic E-state index is 0. The maximum absolute atomic E-state index is 4.02. The Bertz CT molecular complexity index is 919. The fraction of sp³-hybridized carbons (Fsp3) is 0.407. The predicted octanol–water partition coefficient (Wildman–Crippen LogP) is -2.46. The second kappa shape index (κ2) is 13.6. The van der Waals surface area contributed by atoms with Crippen molar-refractivity contribution >= 4 is 18.4 Å². The van der Waals surface area contributed by atoms with Gasteiger partial charge in [-0.15, -0.1) is 6.92 Å². The predicted molar refractivity (Wildman–Crippen MR) is 126 cm³/mol. The summed E-state index contributed by atoms with van der Waals surface area (Å²) in [5, 5.41) is 3.10. The van der Waals surface area contributed by atoms with E-state index in [4.69, 9.17) is 0 Å². The van der Waals surface area contributed by atoms with Crippen molar-refractivity contribution in [3.63, 3.8) is 0 Å². The summed E-state index contributed by atoms with van der Waals surface area (Å²) in [5.74, 6) is 0. The minimum Gasteiger partial charge on any atom is -1.00 e. The van der Waals surface area contributed by atoms with Gasteiger partial charge in [-0.3, -0.25) is 6.08 Å². The summed E-state index contributed by atoms with van der Waals surface area (Å²) >= 11 is 0. The van der Waals surface area contributed by atoms with Crippen LogP contribution < -0.4 is 47.6 Å². The van der Waals surface area contributed by atoms with Crippen LogP contribution in [0.2, 0.25) is 11.1 Å². The zero-order chi connectivity index (χ0) is 20.5. The summed E-state index contributed by atoms with van der Waals surface area (Å²) in [6, 6.07) is 19.9. The third-order valence-corrected chi connectivity index (χ3v) is 13.0. The summed E-state index contributed by atoms with van der Waals surface area (Å²) in [6.45, 7) is 16.2. The topological polar surface area (TPSA) is 0 Å². The SMILES string of the molecule is CCCC[Si](c1ccccc1)(c1cc(C)cc(C)c1)C1(C)[C-]=C(C)C(C)=C1C.[Cl-].[Cl-].[Cl-].[Ti+4]. The van der Waals surface area contributed by atoms with Crippen LogP contribution in [0.5, 0.6) is 0 Å². The number of rotatable bonds is 6. The fourth-order valence-electron chi connectivity index (χ4n) is 5.31. The molecule has 32 heavy (non-hydrogen) atoms. The first-order valence-electron chi connectivity index (χ1n) is 10.7. The maximum atomic E-state index is 4.02. The molecule has 2 unspecified atom stereocenters. The van der Waals surface area contributed by atoms with Crippen molar-refractivity contribution in [2.45, 2.75) is 72.4 Å². The largest absolute Gasteiger partial charge is 4.00 e. The number of halogens is 3. The van der Waals surface area contributed by atoms with Crippen LogP contribution in [0.15, 0.2) is 65.3 Å². The van der Waals surface area contributed by atoms with Crippen LogP contribution in [-0.4, -0.2) is 8.07 Å². The van der Waals surface area contributed by atoms with Crippen LogP contribution >= 0.6 is 0 Å². The van der Waals surface area contributed by atoms with Gasteiger partial charge in [0.2, 0.25) is 0 Å². The van der Waals surface area contributed by atoms with Gasteiger partial charge >= 0.3 is 21.7 Å². The van der Waals surface area contributed by atoms with Crippen LogP contribution in [0.1, 0.15) is 58.6 Å². The van der Waals surface area contributed by atoms with Gasteiger partial charge in [0.25, 0.3) is 0 Å². The zero-order valence-electron chi connectivity index (χ0n) is 20.4. The van der Waals surface area contributed by atoms with E-state index in [1.807, 2.05) is 0 Å². The van der Waals surface area contributed by atoms with Crippen molar-refractivity contribution in [2.75, 3.05) is 0 Å². The molecule has 0 bridgehead atoms. The second-order valence-electron chi connectivity index (χ2n) is 8.88. The van der Waals surface area contributed by atoms with Crippen molar-refractivity contribution in [1.29, 1.82) is 0 Å². The monoisotopic (exact) mass is 540 g/mol. The molecule has 0 saturated carbocycles. The molecule has 2 aromatic carbocycles. The van der Waals surface area contributed by atoms with E-state index >= 15 is 0 Å². The Labute approximate surface area is 230 Å². The summed E-state index contributed by atoms with van der Waals surface area (Å²) in [7, 11) is -2.16. The standard InChI is InChI=1S/C27H35Si.3ClH.Ti/c1-8-9-15-28(25-13-11-10-12-14-25,26-17-20(2)16-21(3)18-26)27(7)19-22(4)23(5)24(27)6;;;;/h10-14,16-18H,8-9,15H2,1-7H3;3*1H;/q-1;;;;+4/p-3. The van der Waals surface area contributed by atoms with E-state index in [0.717, 1.165) is 0 Å². The first kappa shape index (κ1) is 33.9. The molecule has 0 N–H and O–H groups in total. The molecule has 0 radical (unpaired) electrons. The molecule has 1 aliphatic rings. The first-order valence-corrected chi connectivity index (χ1v) is 12.9. The summed E-state index contributed by atoms with van der Waals surface area (Å²) in [5.41, 5.74) is 7.06. The van der Waals surface area contributed by atoms with E-state index in [-0.39, 0.29) is 64.0 Å². The van der Waals surface area contributed by atoms with E-state index in [2.05, 4.69) is 103 Å². The average Bonchev–Trinajstić information content (AvgIpc) is 2.86. The molecule has 0 aromatic heterocycles. The zero-order valence-corrected chi connectivity index (χ0v) is 25.2. The molecule has 1 aliphatic carbocycles. The molecule has 2 atom stereocenters. The summed E-state index contributed by atoms with van der Waals surface area (Å²) < 4.78 is 0. The summed E-state index contributed by atoms with van der Waals surface area (Å²) in [6.07, 6.45) is 6.51. The quantitative estimate of drug-likeness (QED) is 0.281. The smallest absolute Gasteiger partial charge is 1.00 e. The number of benzene rings is 2. The van der Waals surface area contributed by atoms with E-state index < -0.39 is 8.07 Å². The van der Waals surface area contributed by atoms with Gasteiger partial charge < -0.3 is 37.2 Å². The molecule has 0 aliphatic heterocycles. The van der Waals surface area contributed by atoms with Gasteiger partial charge in [0, 0.05) is 0 Å². The Balaban J connectivity index is 0. The second-order valence-corrected chi connectivity index (χ2v) is 13.3. The van der Waals surface area contributed by atoms with Crippen molar-refractivity contribution in [2.24, 2.45) is 0 Å². The van der Waals surface area contributed by atoms with Gasteiger partial charge in [0.05, 0.1) is 0 Å². The Morgan fingerprint density at radius 2 is 1.34 bits per heavy atom. The van der Waals surface area contributed by atoms with E-state index in [0.29, 0.717) is 0 Å². The van der Waals surface area contributed by atoms with Crippen LogP contribution in [-0.2, 0) is 21.7 Å². The van der Waals surface area contributed by atoms with Gasteiger partial charge in [0.1, 0.15) is 8.07 Å². The third-order valence-electron chi connectivity index (χ3n) is 7.05. The van der Waals surface area contributed by atoms with Crippen molar-refractivity contribution < 1.29 is 58.9 Å². The van der Waals surface area contributed by atoms with Crippen LogP contribution in [0, 0.1) is 19.9 Å². The van der Waals surface area contributed by atoms with Crippen LogP contribution in [0.25, 0.3) is 0 Å². The van der Waals surface area contributed by atoms with Gasteiger partial charge in [-0.1, -0.05) is 116 Å². The van der Waals surface area contributed by atoms with Gasteiger partial charge in [-0.25, -0.2) is 5.57 Å².